The van der Waals surface area contributed by atoms with Gasteiger partial charge in [0.15, 0.2) is 5.03 Å². The molecule has 1 aliphatic heterocycles. The van der Waals surface area contributed by atoms with Gasteiger partial charge in [0.2, 0.25) is 5.91 Å². The Morgan fingerprint density at radius 2 is 2.38 bits per heavy atom. The molecular formula is C8H12N4O3S. The molecule has 1 aromatic heterocycles. The summed E-state index contributed by atoms with van der Waals surface area (Å²) in [6, 6.07) is 0.611. The molecule has 0 radical (unpaired) electrons. The minimum Gasteiger partial charge on any atom is -0.368 e. The van der Waals surface area contributed by atoms with Gasteiger partial charge in [-0.15, -0.1) is 0 Å². The van der Waals surface area contributed by atoms with Gasteiger partial charge in [-0.1, -0.05) is 0 Å². The molecule has 2 rings (SSSR count). The lowest BCUT2D eigenvalue weighted by Gasteiger charge is -2.20. The Bertz CT molecular complexity index is 481. The number of hydrogen-bond donors (Lipinski definition) is 2. The monoisotopic (exact) mass is 244 g/mol. The van der Waals surface area contributed by atoms with Crippen LogP contribution in [-0.4, -0.2) is 41.4 Å². The summed E-state index contributed by atoms with van der Waals surface area (Å²) >= 11 is 0. The predicted octanol–water partition coefficient (Wildman–Crippen LogP) is -0.952. The van der Waals surface area contributed by atoms with Crippen LogP contribution in [0, 0.1) is 0 Å². The number of sulfonamides is 1. The van der Waals surface area contributed by atoms with Crippen molar-refractivity contribution < 1.29 is 13.2 Å². The van der Waals surface area contributed by atoms with E-state index in [1.54, 1.807) is 0 Å². The summed E-state index contributed by atoms with van der Waals surface area (Å²) in [6.07, 6.45) is 2.46. The van der Waals surface area contributed by atoms with Crippen LogP contribution >= 0.6 is 0 Å². The molecule has 1 unspecified atom stereocenters. The van der Waals surface area contributed by atoms with E-state index in [4.69, 9.17) is 5.73 Å². The van der Waals surface area contributed by atoms with Crippen LogP contribution in [0.1, 0.15) is 12.8 Å². The lowest BCUT2D eigenvalue weighted by atomic mass is 10.2. The fraction of sp³-hybridized carbons (Fsp3) is 0.500. The number of H-pyrrole nitrogens is 1. The van der Waals surface area contributed by atoms with Crippen LogP contribution in [0.15, 0.2) is 17.3 Å². The van der Waals surface area contributed by atoms with Gasteiger partial charge in [0.05, 0.1) is 6.20 Å². The second kappa shape index (κ2) is 3.87. The third-order valence-corrected chi connectivity index (χ3v) is 4.43. The van der Waals surface area contributed by atoms with Gasteiger partial charge < -0.3 is 5.73 Å². The summed E-state index contributed by atoms with van der Waals surface area (Å²) in [5, 5.41) is 5.95. The Morgan fingerprint density at radius 3 is 2.94 bits per heavy atom. The third-order valence-electron chi connectivity index (χ3n) is 2.59. The molecular weight excluding hydrogens is 232 g/mol. The van der Waals surface area contributed by atoms with Crippen molar-refractivity contribution in [3.63, 3.8) is 0 Å². The molecule has 0 spiro atoms. The van der Waals surface area contributed by atoms with Crippen molar-refractivity contribution in [3.8, 4) is 0 Å². The minimum atomic E-state index is -3.68. The summed E-state index contributed by atoms with van der Waals surface area (Å²) in [4.78, 5) is 11.1. The molecule has 0 saturated carbocycles. The number of aromatic amines is 1. The van der Waals surface area contributed by atoms with E-state index in [0.29, 0.717) is 19.4 Å². The van der Waals surface area contributed by atoms with Crippen molar-refractivity contribution >= 4 is 15.9 Å². The van der Waals surface area contributed by atoms with E-state index in [1.807, 2.05) is 0 Å². The number of nitrogens with zero attached hydrogens (tertiary/aromatic N) is 2. The van der Waals surface area contributed by atoms with Crippen molar-refractivity contribution in [3.05, 3.63) is 12.3 Å². The zero-order chi connectivity index (χ0) is 11.8. The van der Waals surface area contributed by atoms with Crippen molar-refractivity contribution in [2.24, 2.45) is 5.73 Å². The maximum Gasteiger partial charge on any atom is 0.260 e. The van der Waals surface area contributed by atoms with E-state index in [1.165, 1.54) is 12.3 Å². The van der Waals surface area contributed by atoms with Crippen LogP contribution in [0.3, 0.4) is 0 Å². The standard InChI is InChI=1S/C8H12N4O3S/c9-8(13)6-2-1-5-12(6)16(14,15)7-3-4-10-11-7/h3-4,6H,1-2,5H2,(H2,9,13)(H,10,11). The lowest BCUT2D eigenvalue weighted by molar-refractivity contribution is -0.121. The molecule has 1 amide bonds. The Balaban J connectivity index is 2.34. The van der Waals surface area contributed by atoms with Gasteiger partial charge in [0.1, 0.15) is 6.04 Å². The quantitative estimate of drug-likeness (QED) is 0.714. The van der Waals surface area contributed by atoms with E-state index in [-0.39, 0.29) is 5.03 Å². The smallest absolute Gasteiger partial charge is 0.260 e. The predicted molar refractivity (Wildman–Crippen MR) is 54.7 cm³/mol. The second-order valence-corrected chi connectivity index (χ2v) is 5.46. The Hall–Kier alpha value is -1.41. The molecule has 1 fully saturated rings. The van der Waals surface area contributed by atoms with Crippen LogP contribution in [0.2, 0.25) is 0 Å². The molecule has 2 heterocycles. The Morgan fingerprint density at radius 1 is 1.62 bits per heavy atom. The molecule has 3 N–H and O–H groups in total. The van der Waals surface area contributed by atoms with E-state index in [0.717, 1.165) is 4.31 Å². The van der Waals surface area contributed by atoms with E-state index in [9.17, 15) is 13.2 Å². The Labute approximate surface area is 92.7 Å². The number of carbonyl (C=O) groups excluding carboxylic acids is 1. The van der Waals surface area contributed by atoms with E-state index in [2.05, 4.69) is 10.2 Å². The van der Waals surface area contributed by atoms with Gasteiger partial charge in [-0.05, 0) is 18.9 Å². The fourth-order valence-corrected chi connectivity index (χ4v) is 3.39. The summed E-state index contributed by atoms with van der Waals surface area (Å²) in [7, 11) is -3.68. The summed E-state index contributed by atoms with van der Waals surface area (Å²) in [5.41, 5.74) is 5.17. The number of amides is 1. The Kier molecular flexibility index (Phi) is 2.68. The van der Waals surface area contributed by atoms with Gasteiger partial charge >= 0.3 is 0 Å². The SMILES string of the molecule is NC(=O)C1CCCN1S(=O)(=O)c1ccn[nH]1. The topological polar surface area (TPSA) is 109 Å². The first-order valence-corrected chi connectivity index (χ1v) is 6.28. The highest BCUT2D eigenvalue weighted by molar-refractivity contribution is 7.89. The summed E-state index contributed by atoms with van der Waals surface area (Å²) < 4.78 is 25.2. The highest BCUT2D eigenvalue weighted by Crippen LogP contribution is 2.24. The molecule has 1 atom stereocenters. The molecule has 1 aromatic rings. The molecule has 0 aliphatic carbocycles. The summed E-state index contributed by atoms with van der Waals surface area (Å²) in [5.74, 6) is -0.611. The zero-order valence-corrected chi connectivity index (χ0v) is 9.27. The van der Waals surface area contributed by atoms with Crippen LogP contribution in [0.25, 0.3) is 0 Å². The fourth-order valence-electron chi connectivity index (χ4n) is 1.83. The summed E-state index contributed by atoms with van der Waals surface area (Å²) in [6.45, 7) is 0.314. The molecule has 16 heavy (non-hydrogen) atoms. The maximum atomic E-state index is 12.1. The first-order chi connectivity index (χ1) is 7.53. The number of aromatic nitrogens is 2. The molecule has 1 aliphatic rings. The normalized spacial score (nSPS) is 22.4. The number of rotatable bonds is 3. The first kappa shape index (κ1) is 11.1. The number of hydrogen-bond acceptors (Lipinski definition) is 4. The maximum absolute atomic E-state index is 12.1. The molecule has 0 bridgehead atoms. The van der Waals surface area contributed by atoms with Crippen molar-refractivity contribution in [1.29, 1.82) is 0 Å². The lowest BCUT2D eigenvalue weighted by Crippen LogP contribution is -2.43. The number of carbonyl (C=O) groups is 1. The van der Waals surface area contributed by atoms with Crippen LogP contribution in [0.4, 0.5) is 0 Å². The average molecular weight is 244 g/mol. The van der Waals surface area contributed by atoms with Gasteiger partial charge in [-0.3, -0.25) is 9.89 Å². The van der Waals surface area contributed by atoms with Gasteiger partial charge in [-0.2, -0.15) is 9.40 Å². The largest absolute Gasteiger partial charge is 0.368 e. The zero-order valence-electron chi connectivity index (χ0n) is 8.46. The molecule has 7 nitrogen and oxygen atoms in total. The highest BCUT2D eigenvalue weighted by Gasteiger charge is 2.38. The van der Waals surface area contributed by atoms with Gasteiger partial charge in [-0.25, -0.2) is 8.42 Å². The van der Waals surface area contributed by atoms with Crippen molar-refractivity contribution in [1.82, 2.24) is 14.5 Å². The number of nitrogens with one attached hydrogen (secondary N) is 1. The van der Waals surface area contributed by atoms with Gasteiger partial charge in [0.25, 0.3) is 10.0 Å². The highest BCUT2D eigenvalue weighted by atomic mass is 32.2. The van der Waals surface area contributed by atoms with Crippen LogP contribution in [0.5, 0.6) is 0 Å². The number of nitrogens with two attached hydrogens (primary N) is 1. The van der Waals surface area contributed by atoms with E-state index < -0.39 is 22.0 Å². The first-order valence-electron chi connectivity index (χ1n) is 4.84. The molecule has 0 aromatic carbocycles. The number of primary amides is 1. The van der Waals surface area contributed by atoms with Crippen LogP contribution < -0.4 is 5.73 Å². The average Bonchev–Trinajstić information content (AvgIpc) is 2.89. The molecule has 88 valence electrons. The third kappa shape index (κ3) is 1.69. The van der Waals surface area contributed by atoms with Crippen molar-refractivity contribution in [2.75, 3.05) is 6.54 Å². The second-order valence-electron chi connectivity index (χ2n) is 3.60. The van der Waals surface area contributed by atoms with E-state index >= 15 is 0 Å². The van der Waals surface area contributed by atoms with Gasteiger partial charge in [0, 0.05) is 6.54 Å². The molecule has 1 saturated heterocycles. The van der Waals surface area contributed by atoms with Crippen molar-refractivity contribution in [2.45, 2.75) is 23.9 Å². The van der Waals surface area contributed by atoms with Crippen LogP contribution in [-0.2, 0) is 14.8 Å². The molecule has 8 heteroatoms. The minimum absolute atomic E-state index is 0.0133.